The van der Waals surface area contributed by atoms with Crippen LogP contribution in [0.5, 0.6) is 0 Å². The van der Waals surface area contributed by atoms with Gasteiger partial charge in [-0.25, -0.2) is 14.4 Å². The van der Waals surface area contributed by atoms with Crippen molar-refractivity contribution in [3.05, 3.63) is 41.3 Å². The molecule has 2 aromatic rings. The first-order valence-electron chi connectivity index (χ1n) is 6.35. The van der Waals surface area contributed by atoms with Crippen LogP contribution < -0.4 is 5.73 Å². The highest BCUT2D eigenvalue weighted by molar-refractivity contribution is 5.58. The molecular formula is C15H18FN3. The van der Waals surface area contributed by atoms with E-state index >= 15 is 0 Å². The van der Waals surface area contributed by atoms with Gasteiger partial charge in [0.05, 0.1) is 0 Å². The number of anilines is 1. The third kappa shape index (κ3) is 3.28. The molecule has 0 saturated carbocycles. The van der Waals surface area contributed by atoms with Crippen molar-refractivity contribution in [2.75, 3.05) is 5.73 Å². The van der Waals surface area contributed by atoms with Crippen LogP contribution in [0.1, 0.15) is 25.1 Å². The van der Waals surface area contributed by atoms with Gasteiger partial charge in [-0.3, -0.25) is 0 Å². The molecule has 0 fully saturated rings. The zero-order valence-corrected chi connectivity index (χ0v) is 11.4. The average Bonchev–Trinajstić information content (AvgIpc) is 2.31. The number of halogens is 1. The molecule has 1 heterocycles. The summed E-state index contributed by atoms with van der Waals surface area (Å²) in [6.07, 6.45) is 0.847. The van der Waals surface area contributed by atoms with E-state index in [4.69, 9.17) is 5.73 Å². The second-order valence-corrected chi connectivity index (χ2v) is 5.17. The maximum atomic E-state index is 13.3. The first-order chi connectivity index (χ1) is 8.95. The summed E-state index contributed by atoms with van der Waals surface area (Å²) in [6, 6.07) is 6.64. The highest BCUT2D eigenvalue weighted by Crippen LogP contribution is 2.20. The van der Waals surface area contributed by atoms with Gasteiger partial charge >= 0.3 is 0 Å². The molecule has 0 unspecified atom stereocenters. The van der Waals surface area contributed by atoms with E-state index in [-0.39, 0.29) is 5.82 Å². The van der Waals surface area contributed by atoms with Gasteiger partial charge < -0.3 is 5.73 Å². The van der Waals surface area contributed by atoms with Crippen LogP contribution in [0.3, 0.4) is 0 Å². The highest BCUT2D eigenvalue weighted by Gasteiger charge is 2.08. The van der Waals surface area contributed by atoms with Crippen molar-refractivity contribution in [1.82, 2.24) is 9.97 Å². The fourth-order valence-electron chi connectivity index (χ4n) is 1.95. The number of hydrogen-bond acceptors (Lipinski definition) is 3. The minimum absolute atomic E-state index is 0.227. The molecular weight excluding hydrogens is 241 g/mol. The topological polar surface area (TPSA) is 51.8 Å². The number of nitrogens with zero attached hydrogens (tertiary/aromatic N) is 2. The van der Waals surface area contributed by atoms with Crippen LogP contribution in [0.25, 0.3) is 11.4 Å². The number of aromatic nitrogens is 2. The Morgan fingerprint density at radius 1 is 1.21 bits per heavy atom. The largest absolute Gasteiger partial charge is 0.384 e. The molecule has 0 aliphatic heterocycles. The van der Waals surface area contributed by atoms with Crippen LogP contribution in [0.15, 0.2) is 24.3 Å². The van der Waals surface area contributed by atoms with Gasteiger partial charge in [-0.1, -0.05) is 13.8 Å². The van der Waals surface area contributed by atoms with Crippen molar-refractivity contribution in [3.63, 3.8) is 0 Å². The average molecular weight is 259 g/mol. The molecule has 2 rings (SSSR count). The Bertz CT molecular complexity index is 594. The normalized spacial score (nSPS) is 11.0. The Balaban J connectivity index is 2.43. The van der Waals surface area contributed by atoms with Crippen molar-refractivity contribution in [2.24, 2.45) is 5.92 Å². The maximum Gasteiger partial charge on any atom is 0.161 e. The van der Waals surface area contributed by atoms with E-state index in [9.17, 15) is 4.39 Å². The predicted octanol–water partition coefficient (Wildman–Crippen LogP) is 3.37. The monoisotopic (exact) mass is 259 g/mol. The lowest BCUT2D eigenvalue weighted by Crippen LogP contribution is -2.03. The van der Waals surface area contributed by atoms with Gasteiger partial charge in [-0.2, -0.15) is 0 Å². The van der Waals surface area contributed by atoms with Gasteiger partial charge in [0.2, 0.25) is 0 Å². The Kier molecular flexibility index (Phi) is 3.79. The molecule has 0 radical (unpaired) electrons. The lowest BCUT2D eigenvalue weighted by atomic mass is 10.1. The summed E-state index contributed by atoms with van der Waals surface area (Å²) in [5, 5.41) is 0. The molecule has 3 nitrogen and oxygen atoms in total. The van der Waals surface area contributed by atoms with Gasteiger partial charge in [-0.05, 0) is 43.0 Å². The number of benzene rings is 1. The molecule has 0 amide bonds. The minimum atomic E-state index is -0.227. The molecule has 1 aromatic carbocycles. The van der Waals surface area contributed by atoms with Crippen LogP contribution in [0.4, 0.5) is 10.2 Å². The van der Waals surface area contributed by atoms with Crippen molar-refractivity contribution in [2.45, 2.75) is 27.2 Å². The molecule has 0 aliphatic carbocycles. The Labute approximate surface area is 112 Å². The Morgan fingerprint density at radius 3 is 2.58 bits per heavy atom. The Hall–Kier alpha value is -1.97. The third-order valence-electron chi connectivity index (χ3n) is 2.83. The van der Waals surface area contributed by atoms with E-state index < -0.39 is 0 Å². The van der Waals surface area contributed by atoms with E-state index in [1.165, 1.54) is 6.07 Å². The maximum absolute atomic E-state index is 13.3. The van der Waals surface area contributed by atoms with Crippen molar-refractivity contribution >= 4 is 5.82 Å². The van der Waals surface area contributed by atoms with E-state index in [0.29, 0.717) is 23.1 Å². The zero-order valence-electron chi connectivity index (χ0n) is 11.4. The highest BCUT2D eigenvalue weighted by atomic mass is 19.1. The first-order valence-corrected chi connectivity index (χ1v) is 6.35. The second kappa shape index (κ2) is 5.34. The zero-order chi connectivity index (χ0) is 14.0. The number of nitrogen functional groups attached to an aromatic ring is 1. The number of rotatable bonds is 3. The molecule has 0 saturated heterocycles. The minimum Gasteiger partial charge on any atom is -0.384 e. The van der Waals surface area contributed by atoms with E-state index in [2.05, 4.69) is 23.8 Å². The molecule has 4 heteroatoms. The molecule has 2 N–H and O–H groups in total. The molecule has 1 aromatic heterocycles. The van der Waals surface area contributed by atoms with Gasteiger partial charge in [0, 0.05) is 17.3 Å². The lowest BCUT2D eigenvalue weighted by Gasteiger charge is -2.08. The standard InChI is InChI=1S/C15H18FN3/c1-9(2)6-12-8-14(17)19-15(18-12)11-4-5-13(16)10(3)7-11/h4-5,7-9H,6H2,1-3H3,(H2,17,18,19). The van der Waals surface area contributed by atoms with Crippen LogP contribution in [0.2, 0.25) is 0 Å². The summed E-state index contributed by atoms with van der Waals surface area (Å²) in [5.41, 5.74) is 8.10. The fourth-order valence-corrected chi connectivity index (χ4v) is 1.95. The van der Waals surface area contributed by atoms with Gasteiger partial charge in [0.1, 0.15) is 11.6 Å². The second-order valence-electron chi connectivity index (χ2n) is 5.17. The quantitative estimate of drug-likeness (QED) is 0.919. The molecule has 0 spiro atoms. The number of hydrogen-bond donors (Lipinski definition) is 1. The first kappa shape index (κ1) is 13.5. The van der Waals surface area contributed by atoms with E-state index in [0.717, 1.165) is 17.7 Å². The van der Waals surface area contributed by atoms with Gasteiger partial charge in [0.25, 0.3) is 0 Å². The van der Waals surface area contributed by atoms with Crippen LogP contribution in [0, 0.1) is 18.7 Å². The van der Waals surface area contributed by atoms with Gasteiger partial charge in [0.15, 0.2) is 5.82 Å². The van der Waals surface area contributed by atoms with E-state index in [1.54, 1.807) is 25.1 Å². The lowest BCUT2D eigenvalue weighted by molar-refractivity contribution is 0.618. The summed E-state index contributed by atoms with van der Waals surface area (Å²) in [6.45, 7) is 5.97. The van der Waals surface area contributed by atoms with Crippen LogP contribution in [-0.2, 0) is 6.42 Å². The summed E-state index contributed by atoms with van der Waals surface area (Å²) in [7, 11) is 0. The summed E-state index contributed by atoms with van der Waals surface area (Å²) in [4.78, 5) is 8.73. The van der Waals surface area contributed by atoms with Crippen LogP contribution in [-0.4, -0.2) is 9.97 Å². The number of nitrogens with two attached hydrogens (primary N) is 1. The van der Waals surface area contributed by atoms with Crippen LogP contribution >= 0.6 is 0 Å². The SMILES string of the molecule is Cc1cc(-c2nc(N)cc(CC(C)C)n2)ccc1F. The molecule has 0 atom stereocenters. The smallest absolute Gasteiger partial charge is 0.161 e. The van der Waals surface area contributed by atoms with Crippen molar-refractivity contribution in [1.29, 1.82) is 0 Å². The number of aryl methyl sites for hydroxylation is 1. The van der Waals surface area contributed by atoms with Gasteiger partial charge in [-0.15, -0.1) is 0 Å². The molecule has 100 valence electrons. The molecule has 0 aliphatic rings. The third-order valence-corrected chi connectivity index (χ3v) is 2.83. The summed E-state index contributed by atoms with van der Waals surface area (Å²) >= 11 is 0. The van der Waals surface area contributed by atoms with E-state index in [1.807, 2.05) is 0 Å². The predicted molar refractivity (Wildman–Crippen MR) is 75.1 cm³/mol. The van der Waals surface area contributed by atoms with Crippen molar-refractivity contribution < 1.29 is 4.39 Å². The molecule has 0 bridgehead atoms. The Morgan fingerprint density at radius 2 is 1.95 bits per heavy atom. The fraction of sp³-hybridized carbons (Fsp3) is 0.333. The molecule has 19 heavy (non-hydrogen) atoms. The summed E-state index contributed by atoms with van der Waals surface area (Å²) in [5.74, 6) is 1.27. The summed E-state index contributed by atoms with van der Waals surface area (Å²) < 4.78 is 13.3. The van der Waals surface area contributed by atoms with Crippen molar-refractivity contribution in [3.8, 4) is 11.4 Å².